The maximum absolute atomic E-state index is 13.3. The van der Waals surface area contributed by atoms with Crippen LogP contribution in [0.15, 0.2) is 67.0 Å². The maximum Gasteiger partial charge on any atom is 0.269 e. The normalized spacial score (nSPS) is 14.0. The molecule has 33 heavy (non-hydrogen) atoms. The number of piperazine rings is 1. The van der Waals surface area contributed by atoms with E-state index >= 15 is 0 Å². The lowest BCUT2D eigenvalue weighted by molar-refractivity contribution is -0.384. The number of hydrogen-bond acceptors (Lipinski definition) is 6. The number of benzene rings is 2. The minimum atomic E-state index is -0.414. The Morgan fingerprint density at radius 1 is 1.03 bits per heavy atom. The van der Waals surface area contributed by atoms with Gasteiger partial charge in [0, 0.05) is 60.8 Å². The Kier molecular flexibility index (Phi) is 5.39. The van der Waals surface area contributed by atoms with Crippen molar-refractivity contribution in [2.45, 2.75) is 0 Å². The Balaban J connectivity index is 1.34. The van der Waals surface area contributed by atoms with Crippen molar-refractivity contribution in [3.05, 3.63) is 87.7 Å². The van der Waals surface area contributed by atoms with Gasteiger partial charge in [-0.05, 0) is 30.3 Å². The van der Waals surface area contributed by atoms with Gasteiger partial charge in [-0.15, -0.1) is 0 Å². The van der Waals surface area contributed by atoms with E-state index in [2.05, 4.69) is 15.0 Å². The SMILES string of the molecule is O=C(c1cnn2c(-c3cccc(Cl)c3)ccnc12)N1CCN(c2ccc([N+](=O)[O-])cc2)CC1. The average Bonchev–Trinajstić information content (AvgIpc) is 3.28. The molecule has 0 radical (unpaired) electrons. The number of rotatable bonds is 4. The van der Waals surface area contributed by atoms with E-state index in [1.54, 1.807) is 40.0 Å². The molecule has 3 heterocycles. The first-order valence-corrected chi connectivity index (χ1v) is 10.8. The van der Waals surface area contributed by atoms with Crippen LogP contribution in [0, 0.1) is 10.1 Å². The molecule has 0 saturated carbocycles. The van der Waals surface area contributed by atoms with Crippen molar-refractivity contribution in [2.75, 3.05) is 31.1 Å². The van der Waals surface area contributed by atoms with Crippen LogP contribution in [0.25, 0.3) is 16.9 Å². The van der Waals surface area contributed by atoms with Crippen molar-refractivity contribution in [3.63, 3.8) is 0 Å². The van der Waals surface area contributed by atoms with Crippen LogP contribution >= 0.6 is 11.6 Å². The van der Waals surface area contributed by atoms with Gasteiger partial charge >= 0.3 is 0 Å². The zero-order valence-electron chi connectivity index (χ0n) is 17.5. The molecule has 9 nitrogen and oxygen atoms in total. The number of nitrogens with zero attached hydrogens (tertiary/aromatic N) is 6. The zero-order valence-corrected chi connectivity index (χ0v) is 18.2. The molecule has 0 spiro atoms. The molecule has 1 fully saturated rings. The molecule has 0 atom stereocenters. The van der Waals surface area contributed by atoms with Crippen LogP contribution in [0.3, 0.4) is 0 Å². The molecular weight excluding hydrogens is 444 g/mol. The van der Waals surface area contributed by atoms with Crippen molar-refractivity contribution >= 4 is 34.5 Å². The third kappa shape index (κ3) is 3.98. The number of non-ortho nitro benzene ring substituents is 1. The highest BCUT2D eigenvalue weighted by atomic mass is 35.5. The third-order valence-corrected chi connectivity index (χ3v) is 5.98. The number of halogens is 1. The van der Waals surface area contributed by atoms with Crippen LogP contribution in [0.2, 0.25) is 5.02 Å². The van der Waals surface area contributed by atoms with Gasteiger partial charge < -0.3 is 9.80 Å². The molecule has 1 aliphatic heterocycles. The van der Waals surface area contributed by atoms with E-state index in [0.717, 1.165) is 16.9 Å². The fourth-order valence-corrected chi connectivity index (χ4v) is 4.22. The molecule has 4 aromatic rings. The Hall–Kier alpha value is -3.98. The molecule has 2 aromatic carbocycles. The van der Waals surface area contributed by atoms with Crippen molar-refractivity contribution in [1.82, 2.24) is 19.5 Å². The summed E-state index contributed by atoms with van der Waals surface area (Å²) in [6, 6.07) is 15.7. The van der Waals surface area contributed by atoms with Crippen molar-refractivity contribution in [1.29, 1.82) is 0 Å². The fraction of sp³-hybridized carbons (Fsp3) is 0.174. The highest BCUT2D eigenvalue weighted by Crippen LogP contribution is 2.25. The highest BCUT2D eigenvalue weighted by molar-refractivity contribution is 6.30. The van der Waals surface area contributed by atoms with Crippen molar-refractivity contribution in [3.8, 4) is 11.3 Å². The second-order valence-electron chi connectivity index (χ2n) is 7.69. The quantitative estimate of drug-likeness (QED) is 0.337. The molecule has 5 rings (SSSR count). The predicted molar refractivity (Wildman–Crippen MR) is 125 cm³/mol. The summed E-state index contributed by atoms with van der Waals surface area (Å²) < 4.78 is 1.66. The van der Waals surface area contributed by atoms with Gasteiger partial charge in [-0.1, -0.05) is 23.7 Å². The van der Waals surface area contributed by atoms with Gasteiger partial charge in [-0.25, -0.2) is 9.50 Å². The number of carbonyl (C=O) groups is 1. The number of hydrogen-bond donors (Lipinski definition) is 0. The summed E-state index contributed by atoms with van der Waals surface area (Å²) in [5, 5.41) is 15.9. The summed E-state index contributed by atoms with van der Waals surface area (Å²) in [5.74, 6) is -0.121. The second kappa shape index (κ2) is 8.51. The first kappa shape index (κ1) is 20.9. The first-order chi connectivity index (χ1) is 16.0. The number of fused-ring (bicyclic) bond motifs is 1. The van der Waals surface area contributed by atoms with Gasteiger partial charge in [-0.3, -0.25) is 14.9 Å². The van der Waals surface area contributed by atoms with Crippen LogP contribution in [0.4, 0.5) is 11.4 Å². The lowest BCUT2D eigenvalue weighted by atomic mass is 10.1. The Labute approximate surface area is 194 Å². The molecule has 2 aromatic heterocycles. The summed E-state index contributed by atoms with van der Waals surface area (Å²) in [6.07, 6.45) is 3.22. The van der Waals surface area contributed by atoms with Crippen LogP contribution in [-0.4, -0.2) is 56.5 Å². The Morgan fingerprint density at radius 2 is 1.79 bits per heavy atom. The topological polar surface area (TPSA) is 96.9 Å². The lowest BCUT2D eigenvalue weighted by Crippen LogP contribution is -2.48. The molecular formula is C23H19ClN6O3. The molecule has 0 unspecified atom stereocenters. The van der Waals surface area contributed by atoms with E-state index < -0.39 is 4.92 Å². The Morgan fingerprint density at radius 3 is 2.48 bits per heavy atom. The summed E-state index contributed by atoms with van der Waals surface area (Å²) >= 11 is 6.14. The monoisotopic (exact) mass is 462 g/mol. The molecule has 0 aliphatic carbocycles. The molecule has 0 N–H and O–H groups in total. The number of nitro groups is 1. The predicted octanol–water partition coefficient (Wildman–Crippen LogP) is 3.92. The van der Waals surface area contributed by atoms with Crippen molar-refractivity contribution < 1.29 is 9.72 Å². The molecule has 0 bridgehead atoms. The smallest absolute Gasteiger partial charge is 0.269 e. The van der Waals surface area contributed by atoms with E-state index in [1.165, 1.54) is 12.1 Å². The molecule has 166 valence electrons. The number of amides is 1. The standard InChI is InChI=1S/C23H19ClN6O3/c24-17-3-1-2-16(14-17)21-8-9-25-22-20(15-26-29(21)22)23(31)28-12-10-27(11-13-28)18-4-6-19(7-5-18)30(32)33/h1-9,14-15H,10-13H2. The van der Waals surface area contributed by atoms with Crippen LogP contribution in [0.1, 0.15) is 10.4 Å². The van der Waals surface area contributed by atoms with Gasteiger partial charge in [0.15, 0.2) is 5.65 Å². The van der Waals surface area contributed by atoms with Crippen LogP contribution < -0.4 is 4.90 Å². The Bertz CT molecular complexity index is 1350. The highest BCUT2D eigenvalue weighted by Gasteiger charge is 2.26. The van der Waals surface area contributed by atoms with Gasteiger partial charge in [-0.2, -0.15) is 5.10 Å². The van der Waals surface area contributed by atoms with E-state index in [-0.39, 0.29) is 11.6 Å². The van der Waals surface area contributed by atoms with Gasteiger partial charge in [0.1, 0.15) is 5.56 Å². The molecule has 1 saturated heterocycles. The van der Waals surface area contributed by atoms with E-state index in [9.17, 15) is 14.9 Å². The van der Waals surface area contributed by atoms with Crippen LogP contribution in [0.5, 0.6) is 0 Å². The number of aromatic nitrogens is 3. The number of carbonyl (C=O) groups excluding carboxylic acids is 1. The van der Waals surface area contributed by atoms with Crippen LogP contribution in [-0.2, 0) is 0 Å². The molecule has 10 heteroatoms. The maximum atomic E-state index is 13.3. The van der Waals surface area contributed by atoms with E-state index in [4.69, 9.17) is 11.6 Å². The minimum Gasteiger partial charge on any atom is -0.368 e. The first-order valence-electron chi connectivity index (χ1n) is 10.4. The average molecular weight is 463 g/mol. The molecule has 1 amide bonds. The summed E-state index contributed by atoms with van der Waals surface area (Å²) in [5.41, 5.74) is 3.58. The van der Waals surface area contributed by atoms with Crippen molar-refractivity contribution in [2.24, 2.45) is 0 Å². The second-order valence-corrected chi connectivity index (χ2v) is 8.12. The van der Waals surface area contributed by atoms with Gasteiger partial charge in [0.25, 0.3) is 11.6 Å². The van der Waals surface area contributed by atoms with Gasteiger partial charge in [0.2, 0.25) is 0 Å². The lowest BCUT2D eigenvalue weighted by Gasteiger charge is -2.36. The summed E-state index contributed by atoms with van der Waals surface area (Å²) in [4.78, 5) is 32.0. The minimum absolute atomic E-state index is 0.0605. The number of anilines is 1. The molecule has 1 aliphatic rings. The summed E-state index contributed by atoms with van der Waals surface area (Å²) in [6.45, 7) is 2.32. The van der Waals surface area contributed by atoms with Gasteiger partial charge in [0.05, 0.1) is 16.8 Å². The van der Waals surface area contributed by atoms with E-state index in [1.807, 2.05) is 24.3 Å². The summed E-state index contributed by atoms with van der Waals surface area (Å²) in [7, 11) is 0. The number of nitro benzene ring substituents is 1. The largest absolute Gasteiger partial charge is 0.368 e. The zero-order chi connectivity index (χ0) is 22.9. The fourth-order valence-electron chi connectivity index (χ4n) is 4.03. The van der Waals surface area contributed by atoms with E-state index in [0.29, 0.717) is 42.4 Å². The third-order valence-electron chi connectivity index (χ3n) is 5.74.